The minimum Gasteiger partial charge on any atom is -0.378 e. The van der Waals surface area contributed by atoms with E-state index in [1.165, 1.54) is 30.4 Å². The number of benzene rings is 1. The van der Waals surface area contributed by atoms with Gasteiger partial charge in [-0.2, -0.15) is 0 Å². The summed E-state index contributed by atoms with van der Waals surface area (Å²) in [5.41, 5.74) is 2.83. The van der Waals surface area contributed by atoms with Gasteiger partial charge in [0.1, 0.15) is 0 Å². The summed E-state index contributed by atoms with van der Waals surface area (Å²) in [6.45, 7) is 6.34. The summed E-state index contributed by atoms with van der Waals surface area (Å²) < 4.78 is 5.89. The van der Waals surface area contributed by atoms with Crippen molar-refractivity contribution >= 4 is 0 Å². The lowest BCUT2D eigenvalue weighted by Crippen LogP contribution is -2.28. The van der Waals surface area contributed by atoms with Crippen molar-refractivity contribution in [1.29, 1.82) is 0 Å². The third kappa shape index (κ3) is 4.32. The van der Waals surface area contributed by atoms with Crippen LogP contribution in [0.5, 0.6) is 0 Å². The molecule has 106 valence electrons. The van der Waals surface area contributed by atoms with Crippen molar-refractivity contribution in [2.45, 2.75) is 58.1 Å². The smallest absolute Gasteiger partial charge is 0.0593 e. The Kier molecular flexibility index (Phi) is 5.87. The molecule has 0 spiro atoms. The molecule has 1 aromatic rings. The molecule has 0 aromatic heterocycles. The van der Waals surface area contributed by atoms with E-state index in [2.05, 4.69) is 43.4 Å². The summed E-state index contributed by atoms with van der Waals surface area (Å²) in [5.74, 6) is 0. The highest BCUT2D eigenvalue weighted by Crippen LogP contribution is 2.25. The minimum atomic E-state index is 0.430. The van der Waals surface area contributed by atoms with Crippen molar-refractivity contribution in [3.8, 4) is 0 Å². The van der Waals surface area contributed by atoms with Gasteiger partial charge in [0.15, 0.2) is 0 Å². The molecule has 0 saturated carbocycles. The van der Waals surface area contributed by atoms with Crippen molar-refractivity contribution in [1.82, 2.24) is 5.32 Å². The van der Waals surface area contributed by atoms with Crippen LogP contribution in [0.15, 0.2) is 24.3 Å². The summed E-state index contributed by atoms with van der Waals surface area (Å²) >= 11 is 0. The highest BCUT2D eigenvalue weighted by Gasteiger charge is 2.20. The van der Waals surface area contributed by atoms with E-state index in [9.17, 15) is 0 Å². The summed E-state index contributed by atoms with van der Waals surface area (Å²) in [6, 6.07) is 9.41. The lowest BCUT2D eigenvalue weighted by Gasteiger charge is -2.28. The van der Waals surface area contributed by atoms with Gasteiger partial charge in [0.05, 0.1) is 6.10 Å². The molecule has 0 aliphatic carbocycles. The van der Waals surface area contributed by atoms with Crippen LogP contribution in [0.2, 0.25) is 0 Å². The normalized spacial score (nSPS) is 21.3. The second-order valence-electron chi connectivity index (χ2n) is 5.43. The number of nitrogens with one attached hydrogen (secondary N) is 1. The van der Waals surface area contributed by atoms with Crippen molar-refractivity contribution in [2.24, 2.45) is 0 Å². The Morgan fingerprint density at radius 1 is 1.32 bits per heavy atom. The first-order chi connectivity index (χ1) is 9.33. The van der Waals surface area contributed by atoms with E-state index in [1.54, 1.807) is 0 Å². The van der Waals surface area contributed by atoms with Crippen LogP contribution in [-0.2, 0) is 11.2 Å². The number of ether oxygens (including phenoxy) is 1. The Hall–Kier alpha value is -0.860. The second kappa shape index (κ2) is 7.66. The molecular weight excluding hydrogens is 234 g/mol. The predicted molar refractivity (Wildman–Crippen MR) is 80.4 cm³/mol. The van der Waals surface area contributed by atoms with Gasteiger partial charge in [-0.1, -0.05) is 38.1 Å². The summed E-state index contributed by atoms with van der Waals surface area (Å²) in [6.07, 6.45) is 6.40. The molecule has 2 heteroatoms. The Morgan fingerprint density at radius 2 is 2.21 bits per heavy atom. The molecule has 0 radical (unpaired) electrons. The first-order valence-corrected chi connectivity index (χ1v) is 7.77. The number of rotatable bonds is 6. The van der Waals surface area contributed by atoms with Crippen LogP contribution in [0.4, 0.5) is 0 Å². The Bertz CT molecular complexity index is 371. The Morgan fingerprint density at radius 3 is 2.89 bits per heavy atom. The van der Waals surface area contributed by atoms with Crippen LogP contribution in [0, 0.1) is 0 Å². The molecule has 2 atom stereocenters. The highest BCUT2D eigenvalue weighted by molar-refractivity contribution is 5.26. The molecule has 2 unspecified atom stereocenters. The Labute approximate surface area is 117 Å². The van der Waals surface area contributed by atoms with Crippen LogP contribution in [0.1, 0.15) is 56.7 Å². The summed E-state index contributed by atoms with van der Waals surface area (Å²) in [7, 11) is 0. The van der Waals surface area contributed by atoms with Gasteiger partial charge in [0.2, 0.25) is 0 Å². The van der Waals surface area contributed by atoms with E-state index in [1.807, 2.05) is 0 Å². The van der Waals surface area contributed by atoms with Gasteiger partial charge in [0, 0.05) is 12.6 Å². The van der Waals surface area contributed by atoms with Crippen molar-refractivity contribution in [3.63, 3.8) is 0 Å². The van der Waals surface area contributed by atoms with E-state index in [0.29, 0.717) is 12.1 Å². The third-order valence-electron chi connectivity index (χ3n) is 3.98. The fourth-order valence-corrected chi connectivity index (χ4v) is 2.87. The van der Waals surface area contributed by atoms with Gasteiger partial charge in [0.25, 0.3) is 0 Å². The van der Waals surface area contributed by atoms with Crippen molar-refractivity contribution < 1.29 is 4.74 Å². The molecule has 19 heavy (non-hydrogen) atoms. The zero-order valence-electron chi connectivity index (χ0n) is 12.3. The average Bonchev–Trinajstić information content (AvgIpc) is 2.48. The molecule has 1 heterocycles. The number of hydrogen-bond acceptors (Lipinski definition) is 2. The first-order valence-electron chi connectivity index (χ1n) is 7.77. The van der Waals surface area contributed by atoms with Gasteiger partial charge in [-0.25, -0.2) is 0 Å². The maximum absolute atomic E-state index is 5.89. The van der Waals surface area contributed by atoms with Crippen LogP contribution >= 0.6 is 0 Å². The quantitative estimate of drug-likeness (QED) is 0.839. The van der Waals surface area contributed by atoms with Gasteiger partial charge in [-0.05, 0) is 49.8 Å². The van der Waals surface area contributed by atoms with Gasteiger partial charge in [-0.15, -0.1) is 0 Å². The first kappa shape index (κ1) is 14.5. The predicted octanol–water partition coefficient (Wildman–Crippen LogP) is 3.86. The molecule has 1 saturated heterocycles. The lowest BCUT2D eigenvalue weighted by molar-refractivity contribution is 0.00513. The average molecular weight is 261 g/mol. The van der Waals surface area contributed by atoms with E-state index < -0.39 is 0 Å². The molecule has 1 aromatic carbocycles. The molecule has 2 nitrogen and oxygen atoms in total. The summed E-state index contributed by atoms with van der Waals surface area (Å²) in [5, 5.41) is 3.62. The summed E-state index contributed by atoms with van der Waals surface area (Å²) in [4.78, 5) is 0. The van der Waals surface area contributed by atoms with E-state index in [4.69, 9.17) is 4.74 Å². The van der Waals surface area contributed by atoms with Crippen molar-refractivity contribution in [3.05, 3.63) is 35.4 Å². The van der Waals surface area contributed by atoms with Gasteiger partial charge in [-0.3, -0.25) is 0 Å². The number of aryl methyl sites for hydroxylation is 1. The molecular formula is C17H27NO. The zero-order valence-corrected chi connectivity index (χ0v) is 12.3. The van der Waals surface area contributed by atoms with Crippen LogP contribution in [0.25, 0.3) is 0 Å². The van der Waals surface area contributed by atoms with E-state index in [0.717, 1.165) is 26.0 Å². The minimum absolute atomic E-state index is 0.430. The maximum atomic E-state index is 5.89. The molecule has 1 aliphatic heterocycles. The SMILES string of the molecule is CCNC(CC1CCCCO1)c1cccc(CC)c1. The van der Waals surface area contributed by atoms with Gasteiger partial charge >= 0.3 is 0 Å². The fourth-order valence-electron chi connectivity index (χ4n) is 2.87. The molecule has 0 bridgehead atoms. The monoisotopic (exact) mass is 261 g/mol. The fraction of sp³-hybridized carbons (Fsp3) is 0.647. The van der Waals surface area contributed by atoms with Crippen LogP contribution in [0.3, 0.4) is 0 Å². The zero-order chi connectivity index (χ0) is 13.5. The standard InChI is InChI=1S/C17H27NO/c1-3-14-8-7-9-15(12-14)17(18-4-2)13-16-10-5-6-11-19-16/h7-9,12,16-18H,3-6,10-11,13H2,1-2H3. The van der Waals surface area contributed by atoms with Crippen LogP contribution in [-0.4, -0.2) is 19.3 Å². The van der Waals surface area contributed by atoms with E-state index in [-0.39, 0.29) is 0 Å². The van der Waals surface area contributed by atoms with Crippen molar-refractivity contribution in [2.75, 3.05) is 13.2 Å². The molecule has 1 N–H and O–H groups in total. The van der Waals surface area contributed by atoms with Crippen LogP contribution < -0.4 is 5.32 Å². The number of hydrogen-bond donors (Lipinski definition) is 1. The molecule has 2 rings (SSSR count). The maximum Gasteiger partial charge on any atom is 0.0593 e. The second-order valence-corrected chi connectivity index (χ2v) is 5.43. The molecule has 0 amide bonds. The third-order valence-corrected chi connectivity index (χ3v) is 3.98. The highest BCUT2D eigenvalue weighted by atomic mass is 16.5. The largest absolute Gasteiger partial charge is 0.378 e. The Balaban J connectivity index is 2.04. The topological polar surface area (TPSA) is 21.3 Å². The molecule has 1 fully saturated rings. The lowest BCUT2D eigenvalue weighted by atomic mass is 9.95. The molecule has 1 aliphatic rings. The van der Waals surface area contributed by atoms with E-state index >= 15 is 0 Å². The van der Waals surface area contributed by atoms with Gasteiger partial charge < -0.3 is 10.1 Å².